The monoisotopic (exact) mass is 313 g/mol. The van der Waals surface area contributed by atoms with Gasteiger partial charge in [-0.15, -0.1) is 0 Å². The van der Waals surface area contributed by atoms with E-state index < -0.39 is 22.4 Å². The molecule has 1 aromatic carbocycles. The molecule has 0 N–H and O–H groups in total. The Morgan fingerprint density at radius 2 is 2.24 bits per heavy atom. The van der Waals surface area contributed by atoms with Crippen molar-refractivity contribution in [1.82, 2.24) is 4.31 Å². The van der Waals surface area contributed by atoms with Crippen molar-refractivity contribution in [2.75, 3.05) is 20.3 Å². The largest absolute Gasteiger partial charge is 0.496 e. The zero-order valence-electron chi connectivity index (χ0n) is 11.4. The van der Waals surface area contributed by atoms with Crippen molar-refractivity contribution in [3.05, 3.63) is 42.5 Å². The Hall–Kier alpha value is -2.06. The van der Waals surface area contributed by atoms with E-state index in [9.17, 15) is 13.2 Å². The van der Waals surface area contributed by atoms with Gasteiger partial charge in [0.05, 0.1) is 13.7 Å². The third-order valence-corrected chi connectivity index (χ3v) is 4.22. The van der Waals surface area contributed by atoms with Crippen LogP contribution in [0.4, 0.5) is 4.79 Å². The van der Waals surface area contributed by atoms with E-state index in [4.69, 9.17) is 13.7 Å². The Morgan fingerprint density at radius 3 is 2.90 bits per heavy atom. The molecule has 1 aliphatic heterocycles. The summed E-state index contributed by atoms with van der Waals surface area (Å²) in [6, 6.07) is 5.97. The van der Waals surface area contributed by atoms with Crippen LogP contribution in [0.25, 0.3) is 0 Å². The van der Waals surface area contributed by atoms with E-state index in [1.165, 1.54) is 13.2 Å². The molecule has 0 unspecified atom stereocenters. The van der Waals surface area contributed by atoms with Crippen molar-refractivity contribution in [3.63, 3.8) is 0 Å². The Balaban J connectivity index is 2.38. The van der Waals surface area contributed by atoms with Gasteiger partial charge in [0.2, 0.25) is 0 Å². The molecule has 2 rings (SSSR count). The summed E-state index contributed by atoms with van der Waals surface area (Å²) >= 11 is 0. The molecule has 1 heterocycles. The molecular weight excluding hydrogens is 298 g/mol. The molecule has 0 aromatic heterocycles. The molecule has 1 amide bonds. The van der Waals surface area contributed by atoms with Gasteiger partial charge in [0.25, 0.3) is 0 Å². The first-order valence-electron chi connectivity index (χ1n) is 6.10. The number of rotatable bonds is 4. The molecule has 1 aliphatic rings. The second kappa shape index (κ2) is 6.15. The Labute approximate surface area is 123 Å². The maximum absolute atomic E-state index is 12.0. The van der Waals surface area contributed by atoms with Crippen LogP contribution in [0, 0.1) is 0 Å². The van der Waals surface area contributed by atoms with E-state index in [0.29, 0.717) is 15.6 Å². The first-order valence-corrected chi connectivity index (χ1v) is 7.47. The number of hydrogen-bond donors (Lipinski definition) is 0. The smallest absolute Gasteiger partial charge is 0.426 e. The summed E-state index contributed by atoms with van der Waals surface area (Å²) in [7, 11) is -2.71. The molecule has 21 heavy (non-hydrogen) atoms. The predicted octanol–water partition coefficient (Wildman–Crippen LogP) is 1.64. The average Bonchev–Trinajstić information content (AvgIpc) is 2.80. The van der Waals surface area contributed by atoms with Gasteiger partial charge in [0.15, 0.2) is 0 Å². The van der Waals surface area contributed by atoms with E-state index in [0.717, 1.165) is 0 Å². The number of ether oxygens (including phenoxy) is 2. The van der Waals surface area contributed by atoms with Crippen molar-refractivity contribution >= 4 is 16.4 Å². The van der Waals surface area contributed by atoms with Crippen LogP contribution in [0.15, 0.2) is 36.9 Å². The Morgan fingerprint density at radius 1 is 1.52 bits per heavy atom. The normalized spacial score (nSPS) is 20.0. The number of amides is 1. The number of carbonyl (C=O) groups is 1. The highest BCUT2D eigenvalue weighted by atomic mass is 32.2. The molecule has 114 valence electrons. The molecule has 1 fully saturated rings. The number of methoxy groups -OCH3 is 1. The molecule has 8 heteroatoms. The van der Waals surface area contributed by atoms with Gasteiger partial charge in [-0.1, -0.05) is 30.9 Å². The fourth-order valence-corrected chi connectivity index (χ4v) is 3.14. The second-order valence-electron chi connectivity index (χ2n) is 4.16. The van der Waals surface area contributed by atoms with Gasteiger partial charge in [-0.05, 0) is 6.07 Å². The number of benzene rings is 1. The highest BCUT2D eigenvalue weighted by molar-refractivity contribution is 7.85. The molecule has 7 nitrogen and oxygen atoms in total. The third-order valence-electron chi connectivity index (χ3n) is 2.90. The van der Waals surface area contributed by atoms with Crippen LogP contribution in [0.5, 0.6) is 5.75 Å². The molecule has 1 saturated heterocycles. The summed E-state index contributed by atoms with van der Waals surface area (Å²) < 4.78 is 39.1. The summed E-state index contributed by atoms with van der Waals surface area (Å²) in [4.78, 5) is 12.0. The maximum Gasteiger partial charge on any atom is 0.426 e. The second-order valence-corrected chi connectivity index (χ2v) is 5.65. The van der Waals surface area contributed by atoms with E-state index >= 15 is 0 Å². The fraction of sp³-hybridized carbons (Fsp3) is 0.308. The van der Waals surface area contributed by atoms with Crippen LogP contribution in [-0.2, 0) is 19.2 Å². The van der Waals surface area contributed by atoms with Gasteiger partial charge < -0.3 is 9.47 Å². The van der Waals surface area contributed by atoms with Crippen LogP contribution in [0.1, 0.15) is 11.6 Å². The van der Waals surface area contributed by atoms with Gasteiger partial charge in [-0.25, -0.2) is 4.79 Å². The topological polar surface area (TPSA) is 82.1 Å². The quantitative estimate of drug-likeness (QED) is 0.786. The molecule has 0 saturated carbocycles. The summed E-state index contributed by atoms with van der Waals surface area (Å²) in [5.41, 5.74) is 0.525. The zero-order valence-corrected chi connectivity index (χ0v) is 12.2. The molecule has 0 aliphatic carbocycles. The molecule has 1 aromatic rings. The molecule has 0 radical (unpaired) electrons. The predicted molar refractivity (Wildman–Crippen MR) is 74.0 cm³/mol. The van der Waals surface area contributed by atoms with Crippen LogP contribution in [0.3, 0.4) is 0 Å². The highest BCUT2D eigenvalue weighted by Crippen LogP contribution is 2.36. The van der Waals surface area contributed by atoms with Crippen LogP contribution in [0.2, 0.25) is 0 Å². The minimum atomic E-state index is -4.17. The van der Waals surface area contributed by atoms with Crippen LogP contribution >= 0.6 is 0 Å². The lowest BCUT2D eigenvalue weighted by molar-refractivity contribution is 0.130. The first kappa shape index (κ1) is 15.3. The average molecular weight is 313 g/mol. The maximum atomic E-state index is 12.0. The minimum Gasteiger partial charge on any atom is -0.496 e. The van der Waals surface area contributed by atoms with Crippen molar-refractivity contribution < 1.29 is 26.9 Å². The third kappa shape index (κ3) is 3.01. The fourth-order valence-electron chi connectivity index (χ4n) is 2.00. The van der Waals surface area contributed by atoms with Crippen molar-refractivity contribution in [2.45, 2.75) is 6.04 Å². The van der Waals surface area contributed by atoms with Crippen LogP contribution < -0.4 is 4.74 Å². The zero-order chi connectivity index (χ0) is 15.5. The van der Waals surface area contributed by atoms with Gasteiger partial charge in [0, 0.05) is 5.56 Å². The SMILES string of the molecule is C=CCOC(=O)N1[C@@H](c2ccccc2OC)COS1(=O)=O. The minimum absolute atomic E-state index is 0.0938. The summed E-state index contributed by atoms with van der Waals surface area (Å²) in [6.07, 6.45) is 0.336. The van der Waals surface area contributed by atoms with E-state index in [2.05, 4.69) is 6.58 Å². The number of para-hydroxylation sites is 1. The van der Waals surface area contributed by atoms with E-state index in [1.807, 2.05) is 0 Å². The van der Waals surface area contributed by atoms with Crippen molar-refractivity contribution in [3.8, 4) is 5.75 Å². The van der Waals surface area contributed by atoms with E-state index in [-0.39, 0.29) is 13.2 Å². The lowest BCUT2D eigenvalue weighted by atomic mass is 10.1. The van der Waals surface area contributed by atoms with Gasteiger partial charge >= 0.3 is 16.4 Å². The molecular formula is C13H15NO6S. The summed E-state index contributed by atoms with van der Waals surface area (Å²) in [5, 5.41) is 0. The van der Waals surface area contributed by atoms with Crippen LogP contribution in [-0.4, -0.2) is 39.1 Å². The van der Waals surface area contributed by atoms with Gasteiger partial charge in [-0.3, -0.25) is 4.18 Å². The standard InChI is InChI=1S/C13H15NO6S/c1-3-8-19-13(15)14-11(9-20-21(14,16)17)10-6-4-5-7-12(10)18-2/h3-7,11H,1,8-9H2,2H3/t11-/m1/s1. The summed E-state index contributed by atoms with van der Waals surface area (Å²) in [6.45, 7) is 3.12. The summed E-state index contributed by atoms with van der Waals surface area (Å²) in [5.74, 6) is 0.463. The van der Waals surface area contributed by atoms with Gasteiger partial charge in [0.1, 0.15) is 18.4 Å². The highest BCUT2D eigenvalue weighted by Gasteiger charge is 2.45. The first-order chi connectivity index (χ1) is 10.0. The Bertz CT molecular complexity index is 642. The number of hydrogen-bond acceptors (Lipinski definition) is 6. The Kier molecular flexibility index (Phi) is 4.49. The lowest BCUT2D eigenvalue weighted by Crippen LogP contribution is -2.35. The molecule has 0 spiro atoms. The van der Waals surface area contributed by atoms with Crippen molar-refractivity contribution in [2.24, 2.45) is 0 Å². The molecule has 1 atom stereocenters. The van der Waals surface area contributed by atoms with Crippen molar-refractivity contribution in [1.29, 1.82) is 0 Å². The number of carbonyl (C=O) groups excluding carboxylic acids is 1. The van der Waals surface area contributed by atoms with Gasteiger partial charge in [-0.2, -0.15) is 12.7 Å². The lowest BCUT2D eigenvalue weighted by Gasteiger charge is -2.21. The van der Waals surface area contributed by atoms with E-state index in [1.54, 1.807) is 24.3 Å². The number of nitrogens with zero attached hydrogens (tertiary/aromatic N) is 1. The molecule has 0 bridgehead atoms.